The van der Waals surface area contributed by atoms with Crippen LogP contribution in [0.15, 0.2) is 0 Å². The molecule has 0 aliphatic carbocycles. The highest BCUT2D eigenvalue weighted by molar-refractivity contribution is 7.79. The first kappa shape index (κ1) is 11.7. The van der Waals surface area contributed by atoms with Gasteiger partial charge in [-0.1, -0.05) is 12.2 Å². The third kappa shape index (κ3) is 3.09. The van der Waals surface area contributed by atoms with Crippen LogP contribution in [-0.2, 0) is 13.0 Å². The zero-order valence-corrected chi connectivity index (χ0v) is 10.1. The van der Waals surface area contributed by atoms with Gasteiger partial charge in [-0.25, -0.2) is 4.98 Å². The molecule has 5 heteroatoms. The number of nitrogens with zero attached hydrogens (tertiary/aromatic N) is 2. The van der Waals surface area contributed by atoms with Crippen LogP contribution in [0.2, 0.25) is 0 Å². The summed E-state index contributed by atoms with van der Waals surface area (Å²) in [6.45, 7) is 1.52. The van der Waals surface area contributed by atoms with Gasteiger partial charge in [0.25, 0.3) is 0 Å². The Morgan fingerprint density at radius 1 is 1.57 bits per heavy atom. The summed E-state index contributed by atoms with van der Waals surface area (Å²) in [4.78, 5) is 7.75. The van der Waals surface area contributed by atoms with Crippen LogP contribution in [0.3, 0.4) is 0 Å². The van der Waals surface area contributed by atoms with E-state index in [4.69, 9.17) is 18.0 Å². The highest BCUT2D eigenvalue weighted by atomic mass is 32.1. The number of hydrogen-bond acceptors (Lipinski definition) is 5. The van der Waals surface area contributed by atoms with Crippen LogP contribution in [-0.4, -0.2) is 35.9 Å². The lowest BCUT2D eigenvalue weighted by Crippen LogP contribution is -2.10. The summed E-state index contributed by atoms with van der Waals surface area (Å²) in [7, 11) is 4.06. The second kappa shape index (κ2) is 5.50. The SMILES string of the molecule is CN(C)Cc1nc(C=S)c(CCN)s1. The third-order valence-electron chi connectivity index (χ3n) is 1.71. The summed E-state index contributed by atoms with van der Waals surface area (Å²) in [6.07, 6.45) is 0.869. The molecule has 2 N–H and O–H groups in total. The Labute approximate surface area is 93.9 Å². The fourth-order valence-corrected chi connectivity index (χ4v) is 2.60. The van der Waals surface area contributed by atoms with Gasteiger partial charge in [0, 0.05) is 16.8 Å². The Morgan fingerprint density at radius 2 is 2.29 bits per heavy atom. The molecular formula is C9H15N3S2. The number of aromatic nitrogens is 1. The van der Waals surface area contributed by atoms with Crippen molar-refractivity contribution >= 4 is 28.9 Å². The van der Waals surface area contributed by atoms with Crippen LogP contribution in [0.4, 0.5) is 0 Å². The van der Waals surface area contributed by atoms with Crippen molar-refractivity contribution in [1.29, 1.82) is 0 Å². The van der Waals surface area contributed by atoms with Crippen molar-refractivity contribution in [3.63, 3.8) is 0 Å². The molecule has 0 aliphatic heterocycles. The van der Waals surface area contributed by atoms with Crippen LogP contribution >= 0.6 is 23.6 Å². The van der Waals surface area contributed by atoms with E-state index in [2.05, 4.69) is 9.88 Å². The first-order valence-electron chi connectivity index (χ1n) is 4.46. The van der Waals surface area contributed by atoms with Gasteiger partial charge >= 0.3 is 0 Å². The molecule has 0 atom stereocenters. The molecule has 1 aromatic heterocycles. The summed E-state index contributed by atoms with van der Waals surface area (Å²) < 4.78 is 0. The molecule has 0 saturated heterocycles. The summed E-state index contributed by atoms with van der Waals surface area (Å²) in [5, 5.41) is 2.75. The minimum Gasteiger partial charge on any atom is -0.330 e. The molecule has 3 nitrogen and oxygen atoms in total. The maximum absolute atomic E-state index is 5.52. The van der Waals surface area contributed by atoms with Crippen molar-refractivity contribution in [3.8, 4) is 0 Å². The number of thiazole rings is 1. The van der Waals surface area contributed by atoms with E-state index in [1.54, 1.807) is 16.7 Å². The minimum atomic E-state index is 0.653. The van der Waals surface area contributed by atoms with E-state index in [1.807, 2.05) is 14.1 Å². The highest BCUT2D eigenvalue weighted by Gasteiger charge is 2.08. The monoisotopic (exact) mass is 229 g/mol. The van der Waals surface area contributed by atoms with Crippen molar-refractivity contribution in [3.05, 3.63) is 15.6 Å². The van der Waals surface area contributed by atoms with Crippen molar-refractivity contribution in [2.45, 2.75) is 13.0 Å². The van der Waals surface area contributed by atoms with E-state index in [-0.39, 0.29) is 0 Å². The van der Waals surface area contributed by atoms with Gasteiger partial charge in [0.1, 0.15) is 5.01 Å². The Hall–Kier alpha value is -0.360. The van der Waals surface area contributed by atoms with Crippen molar-refractivity contribution in [2.24, 2.45) is 5.73 Å². The summed E-state index contributed by atoms with van der Waals surface area (Å²) in [5.41, 5.74) is 6.44. The van der Waals surface area contributed by atoms with Gasteiger partial charge in [0.15, 0.2) is 0 Å². The second-order valence-electron chi connectivity index (χ2n) is 3.31. The molecule has 0 spiro atoms. The topological polar surface area (TPSA) is 42.2 Å². The maximum atomic E-state index is 5.52. The largest absolute Gasteiger partial charge is 0.330 e. The van der Waals surface area contributed by atoms with Gasteiger partial charge in [-0.05, 0) is 27.1 Å². The lowest BCUT2D eigenvalue weighted by Gasteiger charge is -2.04. The second-order valence-corrected chi connectivity index (χ2v) is 4.71. The number of thiocarbonyl (C=S) groups is 1. The van der Waals surface area contributed by atoms with Crippen LogP contribution in [0.25, 0.3) is 0 Å². The van der Waals surface area contributed by atoms with Crippen molar-refractivity contribution in [1.82, 2.24) is 9.88 Å². The molecule has 14 heavy (non-hydrogen) atoms. The van der Waals surface area contributed by atoms with Crippen LogP contribution < -0.4 is 5.73 Å². The van der Waals surface area contributed by atoms with E-state index >= 15 is 0 Å². The summed E-state index contributed by atoms with van der Waals surface area (Å²) >= 11 is 6.62. The molecule has 1 rings (SSSR count). The van der Waals surface area contributed by atoms with Gasteiger partial charge in [0.2, 0.25) is 0 Å². The molecule has 1 heterocycles. The first-order chi connectivity index (χ1) is 6.67. The highest BCUT2D eigenvalue weighted by Crippen LogP contribution is 2.18. The molecule has 0 fully saturated rings. The van der Waals surface area contributed by atoms with Crippen molar-refractivity contribution in [2.75, 3.05) is 20.6 Å². The molecule has 1 aromatic rings. The summed E-state index contributed by atoms with van der Waals surface area (Å²) in [6, 6.07) is 0. The standard InChI is InChI=1S/C9H15N3S2/c1-12(2)5-9-11-7(6-13)8(14-9)3-4-10/h6H,3-5,10H2,1-2H3. The summed E-state index contributed by atoms with van der Waals surface area (Å²) in [5.74, 6) is 0. The lowest BCUT2D eigenvalue weighted by molar-refractivity contribution is 0.401. The quantitative estimate of drug-likeness (QED) is 0.767. The third-order valence-corrected chi connectivity index (χ3v) is 3.05. The van der Waals surface area contributed by atoms with Crippen LogP contribution in [0.1, 0.15) is 15.6 Å². The minimum absolute atomic E-state index is 0.653. The fraction of sp³-hybridized carbons (Fsp3) is 0.556. The smallest absolute Gasteiger partial charge is 0.108 e. The normalized spacial score (nSPS) is 10.9. The van der Waals surface area contributed by atoms with Crippen molar-refractivity contribution < 1.29 is 0 Å². The van der Waals surface area contributed by atoms with E-state index in [9.17, 15) is 0 Å². The van der Waals surface area contributed by atoms with E-state index in [0.717, 1.165) is 23.7 Å². The molecule has 0 aromatic carbocycles. The predicted molar refractivity (Wildman–Crippen MR) is 65.0 cm³/mol. The molecular weight excluding hydrogens is 214 g/mol. The Balaban J connectivity index is 2.83. The zero-order valence-electron chi connectivity index (χ0n) is 8.49. The lowest BCUT2D eigenvalue weighted by atomic mass is 10.3. The van der Waals surface area contributed by atoms with E-state index in [0.29, 0.717) is 6.54 Å². The molecule has 0 amide bonds. The molecule has 78 valence electrons. The van der Waals surface area contributed by atoms with E-state index in [1.165, 1.54) is 4.88 Å². The fourth-order valence-electron chi connectivity index (χ4n) is 1.15. The number of hydrogen-bond donors (Lipinski definition) is 1. The molecule has 0 saturated carbocycles. The number of rotatable bonds is 5. The molecule has 0 bridgehead atoms. The Kier molecular flexibility index (Phi) is 4.60. The average Bonchev–Trinajstić information content (AvgIpc) is 2.47. The molecule has 0 unspecified atom stereocenters. The van der Waals surface area contributed by atoms with Crippen LogP contribution in [0, 0.1) is 0 Å². The maximum Gasteiger partial charge on any atom is 0.108 e. The molecule has 0 radical (unpaired) electrons. The van der Waals surface area contributed by atoms with Gasteiger partial charge in [-0.3, -0.25) is 0 Å². The average molecular weight is 229 g/mol. The van der Waals surface area contributed by atoms with Gasteiger partial charge < -0.3 is 10.6 Å². The van der Waals surface area contributed by atoms with Gasteiger partial charge in [-0.15, -0.1) is 11.3 Å². The predicted octanol–water partition coefficient (Wildman–Crippen LogP) is 1.05. The first-order valence-corrected chi connectivity index (χ1v) is 5.74. The van der Waals surface area contributed by atoms with Crippen LogP contribution in [0.5, 0.6) is 0 Å². The Morgan fingerprint density at radius 3 is 2.79 bits per heavy atom. The van der Waals surface area contributed by atoms with Gasteiger partial charge in [0.05, 0.1) is 5.69 Å². The molecule has 0 aliphatic rings. The Bertz CT molecular complexity index is 307. The van der Waals surface area contributed by atoms with Gasteiger partial charge in [-0.2, -0.15) is 0 Å². The number of nitrogens with two attached hydrogens (primary N) is 1. The zero-order chi connectivity index (χ0) is 10.6. The van der Waals surface area contributed by atoms with E-state index < -0.39 is 0 Å².